The van der Waals surface area contributed by atoms with Crippen LogP contribution in [0.4, 0.5) is 0 Å². The van der Waals surface area contributed by atoms with Crippen molar-refractivity contribution >= 4 is 17.3 Å². The summed E-state index contributed by atoms with van der Waals surface area (Å²) in [5.74, 6) is 0. The van der Waals surface area contributed by atoms with Crippen molar-refractivity contribution in [3.8, 4) is 6.07 Å². The van der Waals surface area contributed by atoms with Crippen LogP contribution in [0.25, 0.3) is 0 Å². The Morgan fingerprint density at radius 2 is 2.26 bits per heavy atom. The smallest absolute Gasteiger partial charge is 0.166 e. The molecule has 0 aliphatic heterocycles. The van der Waals surface area contributed by atoms with Crippen molar-refractivity contribution in [3.05, 3.63) is 35.4 Å². The summed E-state index contributed by atoms with van der Waals surface area (Å²) in [5.41, 5.74) is 1.70. The van der Waals surface area contributed by atoms with Gasteiger partial charge in [0.1, 0.15) is 0 Å². The maximum Gasteiger partial charge on any atom is 0.166 e. The zero-order valence-corrected chi connectivity index (χ0v) is 11.9. The van der Waals surface area contributed by atoms with Crippen LogP contribution in [0.2, 0.25) is 0 Å². The first-order valence-corrected chi connectivity index (χ1v) is 6.75. The fourth-order valence-electron chi connectivity index (χ4n) is 1.52. The predicted molar refractivity (Wildman–Crippen MR) is 79.7 cm³/mol. The molecule has 1 rings (SSSR count). The zero-order valence-electron chi connectivity index (χ0n) is 11.1. The van der Waals surface area contributed by atoms with E-state index in [9.17, 15) is 0 Å². The second-order valence-electron chi connectivity index (χ2n) is 3.97. The van der Waals surface area contributed by atoms with E-state index in [-0.39, 0.29) is 0 Å². The third-order valence-corrected chi connectivity index (χ3v) is 2.75. The van der Waals surface area contributed by atoms with E-state index in [2.05, 4.69) is 16.7 Å². The molecule has 0 aliphatic carbocycles. The van der Waals surface area contributed by atoms with Crippen molar-refractivity contribution in [1.29, 1.82) is 5.26 Å². The van der Waals surface area contributed by atoms with Gasteiger partial charge in [-0.15, -0.1) is 0 Å². The molecule has 0 aliphatic rings. The first-order valence-electron chi connectivity index (χ1n) is 6.34. The van der Waals surface area contributed by atoms with E-state index in [0.717, 1.165) is 31.7 Å². The fraction of sp³-hybridized carbons (Fsp3) is 0.429. The van der Waals surface area contributed by atoms with Crippen LogP contribution in [0.1, 0.15) is 24.5 Å². The Labute approximate surface area is 119 Å². The molecule has 0 amide bonds. The zero-order chi connectivity index (χ0) is 13.9. The van der Waals surface area contributed by atoms with Crippen LogP contribution < -0.4 is 10.6 Å². The van der Waals surface area contributed by atoms with Crippen LogP contribution >= 0.6 is 12.2 Å². The molecule has 102 valence electrons. The van der Waals surface area contributed by atoms with Crippen molar-refractivity contribution < 1.29 is 4.74 Å². The molecule has 0 bridgehead atoms. The van der Waals surface area contributed by atoms with Gasteiger partial charge in [0, 0.05) is 26.3 Å². The molecule has 4 nitrogen and oxygen atoms in total. The van der Waals surface area contributed by atoms with Crippen LogP contribution in [0.5, 0.6) is 0 Å². The van der Waals surface area contributed by atoms with Crippen molar-refractivity contribution in [2.75, 3.05) is 19.8 Å². The molecule has 1 aromatic rings. The molecular formula is C14H19N3OS. The Bertz CT molecular complexity index is 443. The van der Waals surface area contributed by atoms with E-state index in [1.807, 2.05) is 25.1 Å². The number of nitrogens with one attached hydrogen (secondary N) is 2. The van der Waals surface area contributed by atoms with Crippen LogP contribution in [-0.4, -0.2) is 24.9 Å². The molecule has 0 heterocycles. The van der Waals surface area contributed by atoms with Gasteiger partial charge >= 0.3 is 0 Å². The lowest BCUT2D eigenvalue weighted by Gasteiger charge is -2.10. The van der Waals surface area contributed by atoms with Crippen molar-refractivity contribution in [1.82, 2.24) is 10.6 Å². The fourth-order valence-corrected chi connectivity index (χ4v) is 1.69. The predicted octanol–water partition coefficient (Wildman–Crippen LogP) is 1.95. The number of rotatable bonds is 7. The molecule has 0 fully saturated rings. The minimum atomic E-state index is 0.618. The lowest BCUT2D eigenvalue weighted by Crippen LogP contribution is -2.35. The van der Waals surface area contributed by atoms with E-state index >= 15 is 0 Å². The van der Waals surface area contributed by atoms with Gasteiger partial charge in [-0.3, -0.25) is 0 Å². The monoisotopic (exact) mass is 277 g/mol. The van der Waals surface area contributed by atoms with Crippen molar-refractivity contribution in [2.45, 2.75) is 19.9 Å². The highest BCUT2D eigenvalue weighted by atomic mass is 32.1. The first kappa shape index (κ1) is 15.4. The quantitative estimate of drug-likeness (QED) is 0.589. The second-order valence-corrected chi connectivity index (χ2v) is 4.38. The van der Waals surface area contributed by atoms with E-state index in [1.165, 1.54) is 0 Å². The largest absolute Gasteiger partial charge is 0.382 e. The highest BCUT2D eigenvalue weighted by molar-refractivity contribution is 7.80. The molecule has 0 aromatic heterocycles. The Kier molecular flexibility index (Phi) is 7.56. The lowest BCUT2D eigenvalue weighted by atomic mass is 10.1. The second kappa shape index (κ2) is 9.31. The third kappa shape index (κ3) is 6.75. The van der Waals surface area contributed by atoms with E-state index in [4.69, 9.17) is 22.2 Å². The van der Waals surface area contributed by atoms with Crippen LogP contribution in [0, 0.1) is 11.3 Å². The number of ether oxygens (including phenoxy) is 1. The Morgan fingerprint density at radius 3 is 3.00 bits per heavy atom. The molecule has 0 radical (unpaired) electrons. The van der Waals surface area contributed by atoms with Crippen LogP contribution in [-0.2, 0) is 11.3 Å². The van der Waals surface area contributed by atoms with Gasteiger partial charge in [0.15, 0.2) is 5.11 Å². The number of thiocarbonyl (C=S) groups is 1. The summed E-state index contributed by atoms with van der Waals surface area (Å²) < 4.78 is 5.24. The van der Waals surface area contributed by atoms with Crippen molar-refractivity contribution in [2.24, 2.45) is 0 Å². The SMILES string of the molecule is CCOCCCNC(=S)NCc1cccc(C#N)c1. The van der Waals surface area contributed by atoms with Crippen LogP contribution in [0.15, 0.2) is 24.3 Å². The number of nitriles is 1. The number of hydrogen-bond acceptors (Lipinski definition) is 3. The van der Waals surface area contributed by atoms with Gasteiger partial charge in [-0.2, -0.15) is 5.26 Å². The molecule has 0 spiro atoms. The van der Waals surface area contributed by atoms with Gasteiger partial charge in [0.25, 0.3) is 0 Å². The van der Waals surface area contributed by atoms with Gasteiger partial charge in [0.05, 0.1) is 11.6 Å². The molecule has 1 aromatic carbocycles. The van der Waals surface area contributed by atoms with Gasteiger partial charge in [-0.05, 0) is 43.3 Å². The molecular weight excluding hydrogens is 258 g/mol. The first-order chi connectivity index (χ1) is 9.26. The molecule has 0 atom stereocenters. The van der Waals surface area contributed by atoms with E-state index in [0.29, 0.717) is 17.2 Å². The number of nitrogens with zero attached hydrogens (tertiary/aromatic N) is 1. The maximum atomic E-state index is 8.81. The highest BCUT2D eigenvalue weighted by Crippen LogP contribution is 2.03. The molecule has 0 saturated heterocycles. The summed E-state index contributed by atoms with van der Waals surface area (Å²) >= 11 is 5.16. The molecule has 2 N–H and O–H groups in total. The summed E-state index contributed by atoms with van der Waals surface area (Å²) in [5, 5.41) is 15.7. The molecule has 19 heavy (non-hydrogen) atoms. The maximum absolute atomic E-state index is 8.81. The summed E-state index contributed by atoms with van der Waals surface area (Å²) in [6.07, 6.45) is 0.930. The normalized spacial score (nSPS) is 9.68. The summed E-state index contributed by atoms with van der Waals surface area (Å²) in [4.78, 5) is 0. The molecule has 0 saturated carbocycles. The number of hydrogen-bond donors (Lipinski definition) is 2. The molecule has 0 unspecified atom stereocenters. The molecule has 5 heteroatoms. The van der Waals surface area contributed by atoms with Gasteiger partial charge in [-0.25, -0.2) is 0 Å². The number of benzene rings is 1. The Balaban J connectivity index is 2.21. The standard InChI is InChI=1S/C14H19N3OS/c1-2-18-8-4-7-16-14(19)17-11-13-6-3-5-12(9-13)10-15/h3,5-6,9H,2,4,7-8,11H2,1H3,(H2,16,17,19). The average molecular weight is 277 g/mol. The minimum Gasteiger partial charge on any atom is -0.382 e. The van der Waals surface area contributed by atoms with E-state index in [1.54, 1.807) is 6.07 Å². The minimum absolute atomic E-state index is 0.618. The summed E-state index contributed by atoms with van der Waals surface area (Å²) in [6.45, 7) is 4.89. The van der Waals surface area contributed by atoms with E-state index < -0.39 is 0 Å². The van der Waals surface area contributed by atoms with Gasteiger partial charge in [-0.1, -0.05) is 12.1 Å². The highest BCUT2D eigenvalue weighted by Gasteiger charge is 1.98. The van der Waals surface area contributed by atoms with Crippen LogP contribution in [0.3, 0.4) is 0 Å². The van der Waals surface area contributed by atoms with Gasteiger partial charge < -0.3 is 15.4 Å². The summed E-state index contributed by atoms with van der Waals surface area (Å²) in [6, 6.07) is 9.59. The summed E-state index contributed by atoms with van der Waals surface area (Å²) in [7, 11) is 0. The third-order valence-electron chi connectivity index (χ3n) is 2.46. The Morgan fingerprint density at radius 1 is 1.42 bits per heavy atom. The van der Waals surface area contributed by atoms with Gasteiger partial charge in [0.2, 0.25) is 0 Å². The Hall–Kier alpha value is -1.64. The topological polar surface area (TPSA) is 57.1 Å². The van der Waals surface area contributed by atoms with Crippen molar-refractivity contribution in [3.63, 3.8) is 0 Å². The lowest BCUT2D eigenvalue weighted by molar-refractivity contribution is 0.145. The average Bonchev–Trinajstić information content (AvgIpc) is 2.45.